The highest BCUT2D eigenvalue weighted by Crippen LogP contribution is 2.65. The van der Waals surface area contributed by atoms with E-state index in [0.29, 0.717) is 13.2 Å². The van der Waals surface area contributed by atoms with Crippen LogP contribution in [0.1, 0.15) is 48.9 Å². The van der Waals surface area contributed by atoms with E-state index in [2.05, 4.69) is 82.4 Å². The summed E-state index contributed by atoms with van der Waals surface area (Å²) >= 11 is 0. The molecule has 32 heavy (non-hydrogen) atoms. The number of hydrogen-bond acceptors (Lipinski definition) is 4. The molecule has 4 nitrogen and oxygen atoms in total. The maximum atomic E-state index is 13.9. The predicted molar refractivity (Wildman–Crippen MR) is 125 cm³/mol. The number of rotatable bonds is 3. The number of ketones is 1. The molecule has 0 amide bonds. The fourth-order valence-corrected chi connectivity index (χ4v) is 7.49. The van der Waals surface area contributed by atoms with Crippen LogP contribution in [0.3, 0.4) is 0 Å². The SMILES string of the molecule is CC(C)(C)[Si](C)(C)OCC12c3ccccc3C(c3ccccc31)[C@@H]1C3COC(O3)C(=O)[C@@H]12. The summed E-state index contributed by atoms with van der Waals surface area (Å²) in [4.78, 5) is 13.9. The standard InChI is InChI=1S/C27H32O4Si/c1-26(2,3)32(4,5)30-15-27-18-12-8-6-10-16(18)21(17-11-7-9-13-19(17)27)22-20-14-29-25(31-20)24(28)23(22)27/h6-13,20-23,25H,14-15H2,1-5H3/t20?,21?,22-,23+,25?,27?/m0/s1. The molecular formula is C27H32O4Si. The second-order valence-corrected chi connectivity index (χ2v) is 16.3. The largest absolute Gasteiger partial charge is 0.416 e. The van der Waals surface area contributed by atoms with Crippen LogP contribution >= 0.6 is 0 Å². The average molecular weight is 449 g/mol. The Morgan fingerprint density at radius 2 is 1.62 bits per heavy atom. The van der Waals surface area contributed by atoms with Gasteiger partial charge in [0.15, 0.2) is 14.1 Å². The zero-order valence-corrected chi connectivity index (χ0v) is 20.6. The minimum Gasteiger partial charge on any atom is -0.416 e. The number of Topliss-reactive ketones (excluding diaryl/α,β-unsaturated/α-hetero) is 1. The van der Waals surface area contributed by atoms with Gasteiger partial charge in [0.05, 0.1) is 18.1 Å². The van der Waals surface area contributed by atoms with Crippen LogP contribution in [0.5, 0.6) is 0 Å². The summed E-state index contributed by atoms with van der Waals surface area (Å²) in [5.74, 6) is 0.137. The van der Waals surface area contributed by atoms with Crippen LogP contribution in [0.15, 0.2) is 48.5 Å². The zero-order valence-electron chi connectivity index (χ0n) is 19.6. The lowest BCUT2D eigenvalue weighted by Crippen LogP contribution is -2.64. The lowest BCUT2D eigenvalue weighted by molar-refractivity contribution is -0.174. The fourth-order valence-electron chi connectivity index (χ4n) is 6.47. The van der Waals surface area contributed by atoms with Crippen molar-refractivity contribution in [2.75, 3.05) is 13.2 Å². The molecule has 0 spiro atoms. The summed E-state index contributed by atoms with van der Waals surface area (Å²) in [6, 6.07) is 17.4. The van der Waals surface area contributed by atoms with Crippen molar-refractivity contribution in [3.8, 4) is 0 Å². The number of ether oxygens (including phenoxy) is 2. The summed E-state index contributed by atoms with van der Waals surface area (Å²) in [6.07, 6.45) is -0.786. The number of carbonyl (C=O) groups excluding carboxylic acids is 1. The molecule has 7 rings (SSSR count). The topological polar surface area (TPSA) is 44.8 Å². The monoisotopic (exact) mass is 448 g/mol. The van der Waals surface area contributed by atoms with Gasteiger partial charge >= 0.3 is 0 Å². The predicted octanol–water partition coefficient (Wildman–Crippen LogP) is 5.01. The average Bonchev–Trinajstić information content (AvgIpc) is 3.21. The third-order valence-electron chi connectivity index (χ3n) is 9.00. The molecule has 2 aromatic rings. The van der Waals surface area contributed by atoms with E-state index in [1.165, 1.54) is 22.3 Å². The molecule has 4 bridgehead atoms. The fraction of sp³-hybridized carbons (Fsp3) is 0.519. The summed E-state index contributed by atoms with van der Waals surface area (Å²) in [5, 5.41) is 0.0930. The molecule has 168 valence electrons. The smallest absolute Gasteiger partial charge is 0.218 e. The van der Waals surface area contributed by atoms with Gasteiger partial charge in [-0.1, -0.05) is 69.3 Å². The Labute approximate surface area is 191 Å². The van der Waals surface area contributed by atoms with Crippen LogP contribution in [0.4, 0.5) is 0 Å². The molecular weight excluding hydrogens is 416 g/mol. The maximum absolute atomic E-state index is 13.9. The molecule has 2 aromatic carbocycles. The molecule has 0 N–H and O–H groups in total. The molecule has 5 aliphatic rings. The van der Waals surface area contributed by atoms with Gasteiger partial charge in [0.2, 0.25) is 6.29 Å². The highest BCUT2D eigenvalue weighted by Gasteiger charge is 2.67. The third kappa shape index (κ3) is 2.51. The molecule has 0 saturated carbocycles. The van der Waals surface area contributed by atoms with E-state index >= 15 is 0 Å². The molecule has 2 unspecified atom stereocenters. The van der Waals surface area contributed by atoms with E-state index in [4.69, 9.17) is 13.9 Å². The Morgan fingerprint density at radius 3 is 2.22 bits per heavy atom. The van der Waals surface area contributed by atoms with E-state index in [1.807, 2.05) is 0 Å². The summed E-state index contributed by atoms with van der Waals surface area (Å²) in [5.41, 5.74) is 4.67. The highest BCUT2D eigenvalue weighted by molar-refractivity contribution is 6.74. The van der Waals surface area contributed by atoms with Gasteiger partial charge in [0.25, 0.3) is 0 Å². The van der Waals surface area contributed by atoms with Gasteiger partial charge < -0.3 is 13.9 Å². The molecule has 0 aromatic heterocycles. The first kappa shape index (κ1) is 20.8. The number of fused-ring (bicyclic) bond motifs is 2. The lowest BCUT2D eigenvalue weighted by atomic mass is 9.45. The van der Waals surface area contributed by atoms with E-state index in [-0.39, 0.29) is 34.7 Å². The van der Waals surface area contributed by atoms with Gasteiger partial charge in [-0.25, -0.2) is 0 Å². The molecule has 4 atom stereocenters. The van der Waals surface area contributed by atoms with Crippen molar-refractivity contribution in [1.82, 2.24) is 0 Å². The van der Waals surface area contributed by atoms with E-state index in [1.54, 1.807) is 0 Å². The maximum Gasteiger partial charge on any atom is 0.218 e. The van der Waals surface area contributed by atoms with Crippen molar-refractivity contribution in [3.05, 3.63) is 70.8 Å². The summed E-state index contributed by atoms with van der Waals surface area (Å²) < 4.78 is 18.9. The quantitative estimate of drug-likeness (QED) is 0.619. The Hall–Kier alpha value is -1.79. The molecule has 5 heteroatoms. The van der Waals surface area contributed by atoms with Crippen LogP contribution < -0.4 is 0 Å². The second kappa shape index (κ2) is 6.63. The number of hydrogen-bond donors (Lipinski definition) is 0. The summed E-state index contributed by atoms with van der Waals surface area (Å²) in [6.45, 7) is 12.4. The van der Waals surface area contributed by atoms with Crippen molar-refractivity contribution in [1.29, 1.82) is 0 Å². The molecule has 2 aliphatic heterocycles. The van der Waals surface area contributed by atoms with Gasteiger partial charge in [0.1, 0.15) is 0 Å². The first-order chi connectivity index (χ1) is 15.2. The van der Waals surface area contributed by atoms with E-state index in [9.17, 15) is 4.79 Å². The van der Waals surface area contributed by atoms with Crippen molar-refractivity contribution in [2.45, 2.75) is 62.6 Å². The molecule has 2 saturated heterocycles. The minimum atomic E-state index is -2.05. The van der Waals surface area contributed by atoms with Gasteiger partial charge in [-0.05, 0) is 40.4 Å². The van der Waals surface area contributed by atoms with Crippen molar-refractivity contribution < 1.29 is 18.7 Å². The second-order valence-electron chi connectivity index (χ2n) is 11.5. The Morgan fingerprint density at radius 1 is 1.03 bits per heavy atom. The zero-order chi connectivity index (χ0) is 22.5. The lowest BCUT2D eigenvalue weighted by Gasteiger charge is -2.60. The van der Waals surface area contributed by atoms with Crippen LogP contribution in [-0.2, 0) is 24.1 Å². The Kier molecular flexibility index (Phi) is 4.31. The first-order valence-corrected chi connectivity index (χ1v) is 14.7. The summed E-state index contributed by atoms with van der Waals surface area (Å²) in [7, 11) is -2.05. The van der Waals surface area contributed by atoms with Crippen LogP contribution in [0.2, 0.25) is 18.1 Å². The van der Waals surface area contributed by atoms with Crippen molar-refractivity contribution in [2.24, 2.45) is 11.8 Å². The van der Waals surface area contributed by atoms with Gasteiger partial charge in [-0.15, -0.1) is 0 Å². The van der Waals surface area contributed by atoms with Gasteiger partial charge in [-0.2, -0.15) is 0 Å². The van der Waals surface area contributed by atoms with E-state index in [0.717, 1.165) is 0 Å². The van der Waals surface area contributed by atoms with Crippen molar-refractivity contribution in [3.63, 3.8) is 0 Å². The number of carbonyl (C=O) groups is 1. The normalized spacial score (nSPS) is 34.8. The van der Waals surface area contributed by atoms with E-state index < -0.39 is 20.0 Å². The van der Waals surface area contributed by atoms with Crippen LogP contribution in [0, 0.1) is 11.8 Å². The van der Waals surface area contributed by atoms with Crippen LogP contribution in [0.25, 0.3) is 0 Å². The molecule has 0 radical (unpaired) electrons. The molecule has 2 fully saturated rings. The Balaban J connectivity index is 1.60. The van der Waals surface area contributed by atoms with Crippen molar-refractivity contribution >= 4 is 14.1 Å². The first-order valence-electron chi connectivity index (χ1n) is 11.8. The highest BCUT2D eigenvalue weighted by atomic mass is 28.4. The van der Waals surface area contributed by atoms with Gasteiger partial charge in [0, 0.05) is 24.4 Å². The minimum absolute atomic E-state index is 0.0540. The third-order valence-corrected chi connectivity index (χ3v) is 13.5. The Bertz CT molecular complexity index is 1050. The van der Waals surface area contributed by atoms with Crippen LogP contribution in [-0.4, -0.2) is 39.7 Å². The molecule has 2 heterocycles. The molecule has 3 aliphatic carbocycles. The number of benzene rings is 2. The van der Waals surface area contributed by atoms with Gasteiger partial charge in [-0.3, -0.25) is 4.79 Å².